The molecule has 6 nitrogen and oxygen atoms in total. The minimum absolute atomic E-state index is 0.167. The molecule has 1 N–H and O–H groups in total. The molecular weight excluding hydrogens is 338 g/mol. The number of urea groups is 1. The van der Waals surface area contributed by atoms with E-state index in [1.54, 1.807) is 4.90 Å². The van der Waals surface area contributed by atoms with Crippen LogP contribution in [0, 0.1) is 0 Å². The van der Waals surface area contributed by atoms with Gasteiger partial charge in [-0.15, -0.1) is 0 Å². The Morgan fingerprint density at radius 2 is 2.08 bits per heavy atom. The van der Waals surface area contributed by atoms with Gasteiger partial charge in [-0.3, -0.25) is 5.32 Å². The maximum Gasteiger partial charge on any atom is 0.323 e. The van der Waals surface area contributed by atoms with Crippen LogP contribution in [0.2, 0.25) is 0 Å². The lowest BCUT2D eigenvalue weighted by Crippen LogP contribution is -2.34. The fourth-order valence-electron chi connectivity index (χ4n) is 2.68. The number of aromatic nitrogens is 1. The van der Waals surface area contributed by atoms with Crippen LogP contribution in [0.15, 0.2) is 42.5 Å². The summed E-state index contributed by atoms with van der Waals surface area (Å²) in [4.78, 5) is 18.8. The number of nitrogens with one attached hydrogen (secondary N) is 1. The summed E-state index contributed by atoms with van der Waals surface area (Å²) >= 11 is 1.47. The molecule has 0 atom stereocenters. The predicted molar refractivity (Wildman–Crippen MR) is 97.3 cm³/mol. The summed E-state index contributed by atoms with van der Waals surface area (Å²) in [5, 5.41) is 3.50. The molecule has 2 amide bonds. The third-order valence-electron chi connectivity index (χ3n) is 3.99. The number of amides is 2. The first kappa shape index (κ1) is 15.7. The number of hydrogen-bond acceptors (Lipinski definition) is 5. The van der Waals surface area contributed by atoms with Gasteiger partial charge in [-0.05, 0) is 36.8 Å². The van der Waals surface area contributed by atoms with Crippen molar-refractivity contribution in [1.82, 2.24) is 9.88 Å². The smallest absolute Gasteiger partial charge is 0.323 e. The van der Waals surface area contributed by atoms with Crippen LogP contribution < -0.4 is 14.8 Å². The van der Waals surface area contributed by atoms with Crippen molar-refractivity contribution in [2.45, 2.75) is 13.5 Å². The zero-order valence-electron chi connectivity index (χ0n) is 13.7. The van der Waals surface area contributed by atoms with Crippen molar-refractivity contribution >= 4 is 32.7 Å². The Morgan fingerprint density at radius 1 is 1.24 bits per heavy atom. The highest BCUT2D eigenvalue weighted by Gasteiger charge is 2.17. The van der Waals surface area contributed by atoms with E-state index in [-0.39, 0.29) is 12.8 Å². The van der Waals surface area contributed by atoms with Gasteiger partial charge in [0.25, 0.3) is 0 Å². The van der Waals surface area contributed by atoms with Gasteiger partial charge >= 0.3 is 6.03 Å². The number of nitrogens with zero attached hydrogens (tertiary/aromatic N) is 2. The molecule has 4 rings (SSSR count). The van der Waals surface area contributed by atoms with E-state index in [9.17, 15) is 4.79 Å². The van der Waals surface area contributed by atoms with Gasteiger partial charge in [0.05, 0.1) is 10.2 Å². The Kier molecular flexibility index (Phi) is 4.15. The molecule has 0 saturated carbocycles. The maximum atomic E-state index is 12.6. The first-order valence-electron chi connectivity index (χ1n) is 8.03. The summed E-state index contributed by atoms with van der Waals surface area (Å²) in [7, 11) is 0. The Bertz CT molecular complexity index is 892. The molecule has 0 fully saturated rings. The molecule has 7 heteroatoms. The highest BCUT2D eigenvalue weighted by Crippen LogP contribution is 2.33. The van der Waals surface area contributed by atoms with E-state index in [1.165, 1.54) is 11.3 Å². The van der Waals surface area contributed by atoms with Gasteiger partial charge in [0.1, 0.15) is 0 Å². The largest absolute Gasteiger partial charge is 0.454 e. The normalized spacial score (nSPS) is 12.4. The minimum Gasteiger partial charge on any atom is -0.454 e. The highest BCUT2D eigenvalue weighted by molar-refractivity contribution is 7.22. The van der Waals surface area contributed by atoms with Crippen LogP contribution in [0.1, 0.15) is 12.5 Å². The Morgan fingerprint density at radius 3 is 2.92 bits per heavy atom. The van der Waals surface area contributed by atoms with E-state index in [4.69, 9.17) is 9.47 Å². The van der Waals surface area contributed by atoms with Crippen LogP contribution in [-0.4, -0.2) is 29.3 Å². The van der Waals surface area contributed by atoms with Crippen molar-refractivity contribution in [3.63, 3.8) is 0 Å². The minimum atomic E-state index is -0.167. The number of hydrogen-bond donors (Lipinski definition) is 1. The van der Waals surface area contributed by atoms with Crippen LogP contribution in [-0.2, 0) is 6.54 Å². The van der Waals surface area contributed by atoms with Crippen LogP contribution in [0.3, 0.4) is 0 Å². The number of rotatable bonds is 4. The molecular formula is C18H17N3O3S. The van der Waals surface area contributed by atoms with Gasteiger partial charge in [0.2, 0.25) is 6.79 Å². The van der Waals surface area contributed by atoms with Crippen molar-refractivity contribution in [2.75, 3.05) is 18.7 Å². The number of benzene rings is 2. The molecule has 0 unspecified atom stereocenters. The molecule has 0 radical (unpaired) electrons. The summed E-state index contributed by atoms with van der Waals surface area (Å²) in [6.45, 7) is 3.27. The lowest BCUT2D eigenvalue weighted by atomic mass is 10.2. The molecule has 1 aliphatic rings. The van der Waals surface area contributed by atoms with Gasteiger partial charge in [-0.25, -0.2) is 9.78 Å². The second-order valence-electron chi connectivity index (χ2n) is 5.62. The number of ether oxygens (including phenoxy) is 2. The van der Waals surface area contributed by atoms with Gasteiger partial charge in [0.15, 0.2) is 16.6 Å². The fraction of sp³-hybridized carbons (Fsp3) is 0.222. The van der Waals surface area contributed by atoms with Crippen molar-refractivity contribution in [3.05, 3.63) is 48.0 Å². The molecule has 1 aromatic heterocycles. The SMILES string of the molecule is CCN(Cc1ccc2c(c1)OCO2)C(=O)Nc1nc2ccccc2s1. The average molecular weight is 355 g/mol. The second kappa shape index (κ2) is 6.60. The standard InChI is InChI=1S/C18H17N3O3S/c1-2-21(10-12-7-8-14-15(9-12)24-11-23-14)18(22)20-17-19-13-5-3-4-6-16(13)25-17/h3-9H,2,10-11H2,1H3,(H,19,20,22). The molecule has 0 aliphatic carbocycles. The number of carbonyl (C=O) groups excluding carboxylic acids is 1. The third kappa shape index (κ3) is 3.23. The molecule has 128 valence electrons. The molecule has 1 aliphatic heterocycles. The van der Waals surface area contributed by atoms with Crippen LogP contribution >= 0.6 is 11.3 Å². The Labute approximate surface area is 149 Å². The van der Waals surface area contributed by atoms with E-state index < -0.39 is 0 Å². The molecule has 0 bridgehead atoms. The Balaban J connectivity index is 1.47. The number of fused-ring (bicyclic) bond motifs is 2. The van der Waals surface area contributed by atoms with Crippen LogP contribution in [0.4, 0.5) is 9.93 Å². The van der Waals surface area contributed by atoms with E-state index in [2.05, 4.69) is 10.3 Å². The van der Waals surface area contributed by atoms with E-state index >= 15 is 0 Å². The molecule has 2 heterocycles. The highest BCUT2D eigenvalue weighted by atomic mass is 32.1. The summed E-state index contributed by atoms with van der Waals surface area (Å²) in [6, 6.07) is 13.4. The summed E-state index contributed by atoms with van der Waals surface area (Å²) < 4.78 is 11.8. The van der Waals surface area contributed by atoms with Crippen molar-refractivity contribution < 1.29 is 14.3 Å². The number of anilines is 1. The number of para-hydroxylation sites is 1. The molecule has 25 heavy (non-hydrogen) atoms. The zero-order chi connectivity index (χ0) is 17.2. The van der Waals surface area contributed by atoms with Gasteiger partial charge < -0.3 is 14.4 Å². The van der Waals surface area contributed by atoms with E-state index in [0.717, 1.165) is 27.3 Å². The predicted octanol–water partition coefficient (Wildman–Crippen LogP) is 4.08. The molecule has 0 spiro atoms. The number of carbonyl (C=O) groups is 1. The average Bonchev–Trinajstić information content (AvgIpc) is 3.24. The Hall–Kier alpha value is -2.80. The molecule has 2 aromatic carbocycles. The van der Waals surface area contributed by atoms with E-state index in [0.29, 0.717) is 18.2 Å². The first-order chi connectivity index (χ1) is 12.2. The zero-order valence-corrected chi connectivity index (χ0v) is 14.5. The maximum absolute atomic E-state index is 12.6. The van der Waals surface area contributed by atoms with Crippen molar-refractivity contribution in [1.29, 1.82) is 0 Å². The lowest BCUT2D eigenvalue weighted by molar-refractivity contribution is 0.174. The van der Waals surface area contributed by atoms with Crippen LogP contribution in [0.25, 0.3) is 10.2 Å². The van der Waals surface area contributed by atoms with Gasteiger partial charge in [0, 0.05) is 13.1 Å². The quantitative estimate of drug-likeness (QED) is 0.766. The first-order valence-corrected chi connectivity index (χ1v) is 8.84. The van der Waals surface area contributed by atoms with Crippen molar-refractivity contribution in [2.24, 2.45) is 0 Å². The second-order valence-corrected chi connectivity index (χ2v) is 6.65. The summed E-state index contributed by atoms with van der Waals surface area (Å²) in [5.41, 5.74) is 1.88. The van der Waals surface area contributed by atoms with Gasteiger partial charge in [-0.2, -0.15) is 0 Å². The monoisotopic (exact) mass is 355 g/mol. The fourth-order valence-corrected chi connectivity index (χ4v) is 3.54. The topological polar surface area (TPSA) is 63.7 Å². The third-order valence-corrected chi connectivity index (χ3v) is 4.94. The summed E-state index contributed by atoms with van der Waals surface area (Å²) in [5.74, 6) is 1.46. The van der Waals surface area contributed by atoms with Crippen molar-refractivity contribution in [3.8, 4) is 11.5 Å². The van der Waals surface area contributed by atoms with E-state index in [1.807, 2.05) is 49.4 Å². The van der Waals surface area contributed by atoms with Crippen LogP contribution in [0.5, 0.6) is 11.5 Å². The van der Waals surface area contributed by atoms with Gasteiger partial charge in [-0.1, -0.05) is 29.5 Å². The molecule has 0 saturated heterocycles. The summed E-state index contributed by atoms with van der Waals surface area (Å²) in [6.07, 6.45) is 0. The lowest BCUT2D eigenvalue weighted by Gasteiger charge is -2.20. The number of thiazole rings is 1. The molecule has 3 aromatic rings.